The molecule has 11 heteroatoms. The van der Waals surface area contributed by atoms with Crippen LogP contribution in [-0.4, -0.2) is 43.0 Å². The number of halogens is 2. The average Bonchev–Trinajstić information content (AvgIpc) is 2.83. The molecule has 34 heavy (non-hydrogen) atoms. The molecule has 9 nitrogen and oxygen atoms in total. The summed E-state index contributed by atoms with van der Waals surface area (Å²) in [6, 6.07) is 13.3. The standard InChI is InChI=1S/C23H20F2N4O5/c1-33-19-11-15(5-6-18(19)34-23(24)25)21(31)27-13-20(30)28-16-3-2-4-17(12-16)29-22(32)14-7-9-26-10-8-14/h2-12,23H,13H2,1H3,(H,27,31)(H,28,30)(H,29,32). The molecule has 3 N–H and O–H groups in total. The summed E-state index contributed by atoms with van der Waals surface area (Å²) < 4.78 is 34.1. The second kappa shape index (κ2) is 11.4. The molecule has 0 bridgehead atoms. The minimum atomic E-state index is -3.04. The van der Waals surface area contributed by atoms with E-state index in [1.807, 2.05) is 0 Å². The van der Waals surface area contributed by atoms with Crippen LogP contribution in [-0.2, 0) is 4.79 Å². The highest BCUT2D eigenvalue weighted by Crippen LogP contribution is 2.29. The fraction of sp³-hybridized carbons (Fsp3) is 0.130. The molecule has 0 aliphatic carbocycles. The second-order valence-electron chi connectivity index (χ2n) is 6.75. The van der Waals surface area contributed by atoms with Crippen molar-refractivity contribution in [3.63, 3.8) is 0 Å². The zero-order valence-electron chi connectivity index (χ0n) is 17.9. The van der Waals surface area contributed by atoms with E-state index in [2.05, 4.69) is 25.7 Å². The van der Waals surface area contributed by atoms with Crippen molar-refractivity contribution in [2.24, 2.45) is 0 Å². The number of hydrogen-bond donors (Lipinski definition) is 3. The van der Waals surface area contributed by atoms with Crippen LogP contribution in [0.2, 0.25) is 0 Å². The van der Waals surface area contributed by atoms with Gasteiger partial charge in [0.1, 0.15) is 0 Å². The van der Waals surface area contributed by atoms with Gasteiger partial charge in [-0.1, -0.05) is 6.07 Å². The fourth-order valence-electron chi connectivity index (χ4n) is 2.85. The number of aromatic nitrogens is 1. The van der Waals surface area contributed by atoms with E-state index >= 15 is 0 Å². The number of anilines is 2. The quantitative estimate of drug-likeness (QED) is 0.442. The predicted molar refractivity (Wildman–Crippen MR) is 119 cm³/mol. The van der Waals surface area contributed by atoms with Crippen molar-refractivity contribution in [3.05, 3.63) is 78.1 Å². The van der Waals surface area contributed by atoms with Gasteiger partial charge < -0.3 is 25.4 Å². The lowest BCUT2D eigenvalue weighted by atomic mass is 10.2. The van der Waals surface area contributed by atoms with E-state index in [-0.39, 0.29) is 29.5 Å². The van der Waals surface area contributed by atoms with E-state index in [0.29, 0.717) is 16.9 Å². The lowest BCUT2D eigenvalue weighted by molar-refractivity contribution is -0.115. The van der Waals surface area contributed by atoms with Gasteiger partial charge in [0.2, 0.25) is 5.91 Å². The van der Waals surface area contributed by atoms with Gasteiger partial charge in [0.15, 0.2) is 11.5 Å². The minimum Gasteiger partial charge on any atom is -0.493 e. The van der Waals surface area contributed by atoms with Crippen LogP contribution in [0.25, 0.3) is 0 Å². The van der Waals surface area contributed by atoms with Gasteiger partial charge in [-0.15, -0.1) is 0 Å². The van der Waals surface area contributed by atoms with Gasteiger partial charge in [-0.3, -0.25) is 19.4 Å². The zero-order chi connectivity index (χ0) is 24.5. The van der Waals surface area contributed by atoms with Crippen LogP contribution in [0, 0.1) is 0 Å². The van der Waals surface area contributed by atoms with E-state index in [0.717, 1.165) is 0 Å². The van der Waals surface area contributed by atoms with Crippen LogP contribution >= 0.6 is 0 Å². The van der Waals surface area contributed by atoms with E-state index in [4.69, 9.17) is 4.74 Å². The molecular weight excluding hydrogens is 450 g/mol. The van der Waals surface area contributed by atoms with Crippen LogP contribution < -0.4 is 25.4 Å². The van der Waals surface area contributed by atoms with Crippen molar-refractivity contribution in [2.75, 3.05) is 24.3 Å². The number of nitrogens with one attached hydrogen (secondary N) is 3. The maximum absolute atomic E-state index is 12.4. The summed E-state index contributed by atoms with van der Waals surface area (Å²) in [4.78, 5) is 40.7. The average molecular weight is 470 g/mol. The number of rotatable bonds is 9. The Balaban J connectivity index is 1.55. The molecule has 0 spiro atoms. The normalized spacial score (nSPS) is 10.4. The van der Waals surface area contributed by atoms with Gasteiger partial charge in [-0.25, -0.2) is 0 Å². The Hall–Kier alpha value is -4.54. The number of amides is 3. The largest absolute Gasteiger partial charge is 0.493 e. The molecule has 0 saturated heterocycles. The number of alkyl halides is 2. The van der Waals surface area contributed by atoms with Crippen LogP contribution in [0.3, 0.4) is 0 Å². The van der Waals surface area contributed by atoms with Gasteiger partial charge in [-0.05, 0) is 48.5 Å². The Morgan fingerprint density at radius 3 is 2.26 bits per heavy atom. The minimum absolute atomic E-state index is 0.0528. The number of carbonyl (C=O) groups is 3. The van der Waals surface area contributed by atoms with E-state index in [1.165, 1.54) is 37.7 Å². The van der Waals surface area contributed by atoms with Crippen molar-refractivity contribution >= 4 is 29.1 Å². The number of methoxy groups -OCH3 is 1. The highest BCUT2D eigenvalue weighted by Gasteiger charge is 2.15. The molecule has 1 heterocycles. The van der Waals surface area contributed by atoms with E-state index < -0.39 is 18.4 Å². The topological polar surface area (TPSA) is 119 Å². The van der Waals surface area contributed by atoms with Crippen molar-refractivity contribution in [1.82, 2.24) is 10.3 Å². The Kier molecular flexibility index (Phi) is 8.06. The SMILES string of the molecule is COc1cc(C(=O)NCC(=O)Nc2cccc(NC(=O)c3ccncc3)c2)ccc1OC(F)F. The lowest BCUT2D eigenvalue weighted by Gasteiger charge is -2.12. The molecule has 1 aromatic heterocycles. The third-order valence-corrected chi connectivity index (χ3v) is 4.40. The Morgan fingerprint density at radius 2 is 1.59 bits per heavy atom. The van der Waals surface area contributed by atoms with Crippen LogP contribution in [0.1, 0.15) is 20.7 Å². The molecular formula is C23H20F2N4O5. The number of pyridine rings is 1. The Labute approximate surface area is 193 Å². The number of ether oxygens (including phenoxy) is 2. The summed E-state index contributed by atoms with van der Waals surface area (Å²) in [5, 5.41) is 7.75. The first kappa shape index (κ1) is 24.1. The fourth-order valence-corrected chi connectivity index (χ4v) is 2.85. The maximum Gasteiger partial charge on any atom is 0.387 e. The maximum atomic E-state index is 12.4. The molecule has 2 aromatic carbocycles. The van der Waals surface area contributed by atoms with Crippen molar-refractivity contribution < 1.29 is 32.6 Å². The molecule has 3 rings (SSSR count). The lowest BCUT2D eigenvalue weighted by Crippen LogP contribution is -2.32. The van der Waals surface area contributed by atoms with E-state index in [9.17, 15) is 23.2 Å². The molecule has 0 aliphatic rings. The smallest absolute Gasteiger partial charge is 0.387 e. The van der Waals surface area contributed by atoms with Crippen molar-refractivity contribution in [3.8, 4) is 11.5 Å². The highest BCUT2D eigenvalue weighted by atomic mass is 19.3. The summed E-state index contributed by atoms with van der Waals surface area (Å²) >= 11 is 0. The molecule has 0 atom stereocenters. The summed E-state index contributed by atoms with van der Waals surface area (Å²) in [7, 11) is 1.25. The Bertz CT molecular complexity index is 1180. The monoisotopic (exact) mass is 470 g/mol. The van der Waals surface area contributed by atoms with Crippen LogP contribution in [0.5, 0.6) is 11.5 Å². The molecule has 0 unspecified atom stereocenters. The molecule has 0 fully saturated rings. The zero-order valence-corrected chi connectivity index (χ0v) is 17.9. The summed E-state index contributed by atoms with van der Waals surface area (Å²) in [5.41, 5.74) is 1.38. The van der Waals surface area contributed by atoms with Crippen molar-refractivity contribution in [1.29, 1.82) is 0 Å². The van der Waals surface area contributed by atoms with E-state index in [1.54, 1.807) is 36.4 Å². The van der Waals surface area contributed by atoms with Crippen molar-refractivity contribution in [2.45, 2.75) is 6.61 Å². The first-order chi connectivity index (χ1) is 16.4. The van der Waals surface area contributed by atoms with Gasteiger partial charge >= 0.3 is 6.61 Å². The predicted octanol–water partition coefficient (Wildman–Crippen LogP) is 3.31. The number of nitrogens with zero attached hydrogens (tertiary/aromatic N) is 1. The summed E-state index contributed by atoms with van der Waals surface area (Å²) in [6.07, 6.45) is 3.00. The second-order valence-corrected chi connectivity index (χ2v) is 6.75. The van der Waals surface area contributed by atoms with Crippen LogP contribution in [0.4, 0.5) is 20.2 Å². The molecule has 3 aromatic rings. The number of hydrogen-bond acceptors (Lipinski definition) is 6. The molecule has 0 aliphatic heterocycles. The molecule has 3 amide bonds. The molecule has 0 radical (unpaired) electrons. The highest BCUT2D eigenvalue weighted by molar-refractivity contribution is 6.05. The van der Waals surface area contributed by atoms with Gasteiger partial charge in [0, 0.05) is 34.9 Å². The molecule has 0 saturated carbocycles. The Morgan fingerprint density at radius 1 is 0.882 bits per heavy atom. The summed E-state index contributed by atoms with van der Waals surface area (Å²) in [5.74, 6) is -1.74. The van der Waals surface area contributed by atoms with Crippen LogP contribution in [0.15, 0.2) is 67.0 Å². The third-order valence-electron chi connectivity index (χ3n) is 4.40. The number of benzene rings is 2. The summed E-state index contributed by atoms with van der Waals surface area (Å²) in [6.45, 7) is -3.40. The first-order valence-electron chi connectivity index (χ1n) is 9.88. The van der Waals surface area contributed by atoms with Gasteiger partial charge in [0.05, 0.1) is 13.7 Å². The van der Waals surface area contributed by atoms with Gasteiger partial charge in [-0.2, -0.15) is 8.78 Å². The molecule has 176 valence electrons. The third kappa shape index (κ3) is 6.73. The van der Waals surface area contributed by atoms with Gasteiger partial charge in [0.25, 0.3) is 11.8 Å². The number of carbonyl (C=O) groups excluding carboxylic acids is 3. The first-order valence-corrected chi connectivity index (χ1v) is 9.88.